The van der Waals surface area contributed by atoms with Gasteiger partial charge in [0.25, 0.3) is 0 Å². The van der Waals surface area contributed by atoms with E-state index < -0.39 is 0 Å². The highest BCUT2D eigenvalue weighted by molar-refractivity contribution is 5.66. The number of rotatable bonds is 21. The predicted octanol–water partition coefficient (Wildman–Crippen LogP) is 6.53. The van der Waals surface area contributed by atoms with Gasteiger partial charge in [-0.15, -0.1) is 0 Å². The molecule has 0 saturated heterocycles. The topological polar surface area (TPSA) is 38.8 Å². The van der Waals surface area contributed by atoms with Crippen molar-refractivity contribution in [1.82, 2.24) is 4.90 Å². The van der Waals surface area contributed by atoms with Crippen molar-refractivity contribution in [1.29, 1.82) is 0 Å². The van der Waals surface area contributed by atoms with Crippen molar-refractivity contribution in [3.8, 4) is 0 Å². The molecule has 0 aliphatic heterocycles. The fourth-order valence-electron chi connectivity index (χ4n) is 3.43. The van der Waals surface area contributed by atoms with E-state index in [0.717, 1.165) is 13.0 Å². The third-order valence-corrected chi connectivity index (χ3v) is 5.01. The predicted molar refractivity (Wildman–Crippen MR) is 124 cm³/mol. The van der Waals surface area contributed by atoms with E-state index in [1.54, 1.807) is 0 Å². The summed E-state index contributed by atoms with van der Waals surface area (Å²) in [6.45, 7) is 5.67. The van der Waals surface area contributed by atoms with Crippen LogP contribution in [0, 0.1) is 0 Å². The van der Waals surface area contributed by atoms with E-state index in [1.807, 2.05) is 19.0 Å². The molecule has 0 aromatic rings. The molecule has 1 atom stereocenters. The molecule has 0 heterocycles. The van der Waals surface area contributed by atoms with Gasteiger partial charge in [-0.25, -0.2) is 0 Å². The minimum Gasteiger partial charge on any atom is -0.459 e. The van der Waals surface area contributed by atoms with E-state index in [9.17, 15) is 4.79 Å². The molecule has 0 aliphatic rings. The summed E-state index contributed by atoms with van der Waals surface area (Å²) in [7, 11) is 3.95. The van der Waals surface area contributed by atoms with Crippen LogP contribution in [0.3, 0.4) is 0 Å². The highest BCUT2D eigenvalue weighted by atomic mass is 16.6. The number of carbonyl (C=O) groups excluding carboxylic acids is 1. The van der Waals surface area contributed by atoms with Gasteiger partial charge in [-0.2, -0.15) is 0 Å². The van der Waals surface area contributed by atoms with Crippen LogP contribution in [0.5, 0.6) is 0 Å². The van der Waals surface area contributed by atoms with Crippen molar-refractivity contribution >= 4 is 5.97 Å². The number of allylic oxidation sites excluding steroid dienone is 2. The molecule has 0 spiro atoms. The first-order chi connectivity index (χ1) is 14.1. The molecule has 0 rings (SSSR count). The van der Waals surface area contributed by atoms with Crippen molar-refractivity contribution < 1.29 is 14.3 Å². The SMILES string of the molecule is CCCCCCCC/C=C\CCCCCCCCOCC(CN(C)C)OC(C)=O. The lowest BCUT2D eigenvalue weighted by atomic mass is 10.1. The van der Waals surface area contributed by atoms with Gasteiger partial charge in [0.1, 0.15) is 6.10 Å². The van der Waals surface area contributed by atoms with Crippen LogP contribution in [-0.4, -0.2) is 50.8 Å². The molecule has 0 aliphatic carbocycles. The molecule has 0 N–H and O–H groups in total. The molecule has 0 aromatic carbocycles. The smallest absolute Gasteiger partial charge is 0.303 e. The zero-order chi connectivity index (χ0) is 21.6. The van der Waals surface area contributed by atoms with Crippen LogP contribution >= 0.6 is 0 Å². The molecule has 0 amide bonds. The normalized spacial score (nSPS) is 12.7. The number of hydrogen-bond acceptors (Lipinski definition) is 4. The number of unbranched alkanes of at least 4 members (excludes halogenated alkanes) is 12. The van der Waals surface area contributed by atoms with Gasteiger partial charge in [0.05, 0.1) is 6.61 Å². The molecule has 1 unspecified atom stereocenters. The maximum absolute atomic E-state index is 11.1. The molecule has 0 fully saturated rings. The van der Waals surface area contributed by atoms with Gasteiger partial charge in [-0.3, -0.25) is 4.79 Å². The van der Waals surface area contributed by atoms with Crippen LogP contribution in [0.1, 0.15) is 104 Å². The van der Waals surface area contributed by atoms with E-state index in [0.29, 0.717) is 13.2 Å². The third-order valence-electron chi connectivity index (χ3n) is 5.01. The average molecular weight is 412 g/mol. The maximum atomic E-state index is 11.1. The fourth-order valence-corrected chi connectivity index (χ4v) is 3.43. The number of nitrogens with zero attached hydrogens (tertiary/aromatic N) is 1. The zero-order valence-corrected chi connectivity index (χ0v) is 19.9. The van der Waals surface area contributed by atoms with E-state index >= 15 is 0 Å². The Morgan fingerprint density at radius 2 is 1.34 bits per heavy atom. The van der Waals surface area contributed by atoms with E-state index in [2.05, 4.69) is 19.1 Å². The Kier molecular flexibility index (Phi) is 21.2. The average Bonchev–Trinajstić information content (AvgIpc) is 2.66. The van der Waals surface area contributed by atoms with Crippen LogP contribution in [-0.2, 0) is 14.3 Å². The summed E-state index contributed by atoms with van der Waals surface area (Å²) in [6, 6.07) is 0. The summed E-state index contributed by atoms with van der Waals surface area (Å²) in [5, 5.41) is 0. The third kappa shape index (κ3) is 23.3. The summed E-state index contributed by atoms with van der Waals surface area (Å²) in [5.41, 5.74) is 0. The second kappa shape index (κ2) is 21.8. The summed E-state index contributed by atoms with van der Waals surface area (Å²) < 4.78 is 11.0. The van der Waals surface area contributed by atoms with Gasteiger partial charge in [-0.1, -0.05) is 76.9 Å². The fraction of sp³-hybridized carbons (Fsp3) is 0.880. The van der Waals surface area contributed by atoms with E-state index in [4.69, 9.17) is 9.47 Å². The molecule has 4 heteroatoms. The molecule has 0 bridgehead atoms. The standard InChI is InChI=1S/C25H49NO3/c1-5-6-7-8-9-10-11-12-13-14-15-16-17-18-19-20-21-28-23-25(22-26(3)4)29-24(2)27/h12-13,25H,5-11,14-23H2,1-4H3/b13-12-. The lowest BCUT2D eigenvalue weighted by Gasteiger charge is -2.20. The largest absolute Gasteiger partial charge is 0.459 e. The Bertz CT molecular complexity index is 382. The zero-order valence-electron chi connectivity index (χ0n) is 19.9. The summed E-state index contributed by atoms with van der Waals surface area (Å²) >= 11 is 0. The van der Waals surface area contributed by atoms with Crippen LogP contribution in [0.25, 0.3) is 0 Å². The molecule has 0 saturated carbocycles. The first-order valence-corrected chi connectivity index (χ1v) is 12.1. The minimum atomic E-state index is -0.238. The number of ether oxygens (including phenoxy) is 2. The highest BCUT2D eigenvalue weighted by Gasteiger charge is 2.13. The Hall–Kier alpha value is -0.870. The molecule has 29 heavy (non-hydrogen) atoms. The first kappa shape index (κ1) is 28.1. The second-order valence-corrected chi connectivity index (χ2v) is 8.51. The first-order valence-electron chi connectivity index (χ1n) is 12.1. The molecular weight excluding hydrogens is 362 g/mol. The molecule has 4 nitrogen and oxygen atoms in total. The van der Waals surface area contributed by atoms with E-state index in [-0.39, 0.29) is 12.1 Å². The molecule has 0 aromatic heterocycles. The van der Waals surface area contributed by atoms with Crippen molar-refractivity contribution in [2.75, 3.05) is 33.9 Å². The molecular formula is C25H49NO3. The van der Waals surface area contributed by atoms with Crippen molar-refractivity contribution in [3.05, 3.63) is 12.2 Å². The van der Waals surface area contributed by atoms with Gasteiger partial charge in [-0.05, 0) is 46.2 Å². The highest BCUT2D eigenvalue weighted by Crippen LogP contribution is 2.10. The van der Waals surface area contributed by atoms with Gasteiger partial charge in [0.2, 0.25) is 0 Å². The lowest BCUT2D eigenvalue weighted by molar-refractivity contribution is -0.150. The molecule has 172 valence electrons. The Labute approximate surface area is 181 Å². The van der Waals surface area contributed by atoms with Crippen LogP contribution in [0.2, 0.25) is 0 Å². The van der Waals surface area contributed by atoms with Gasteiger partial charge in [0, 0.05) is 20.1 Å². The summed E-state index contributed by atoms with van der Waals surface area (Å²) in [6.07, 6.45) is 23.0. The lowest BCUT2D eigenvalue weighted by Crippen LogP contribution is -2.33. The molecule has 0 radical (unpaired) electrons. The summed E-state index contributed by atoms with van der Waals surface area (Å²) in [5.74, 6) is -0.238. The number of hydrogen-bond donors (Lipinski definition) is 0. The summed E-state index contributed by atoms with van der Waals surface area (Å²) in [4.78, 5) is 13.1. The van der Waals surface area contributed by atoms with E-state index in [1.165, 1.54) is 90.4 Å². The van der Waals surface area contributed by atoms with Crippen molar-refractivity contribution in [2.45, 2.75) is 110 Å². The van der Waals surface area contributed by atoms with Gasteiger partial charge < -0.3 is 14.4 Å². The Morgan fingerprint density at radius 1 is 0.828 bits per heavy atom. The maximum Gasteiger partial charge on any atom is 0.303 e. The second-order valence-electron chi connectivity index (χ2n) is 8.51. The minimum absolute atomic E-state index is 0.170. The van der Waals surface area contributed by atoms with Crippen LogP contribution < -0.4 is 0 Å². The number of esters is 1. The Balaban J connectivity index is 3.36. The monoisotopic (exact) mass is 411 g/mol. The van der Waals surface area contributed by atoms with Crippen molar-refractivity contribution in [3.63, 3.8) is 0 Å². The number of likely N-dealkylation sites (N-methyl/N-ethyl adjacent to an activating group) is 1. The van der Waals surface area contributed by atoms with Crippen LogP contribution in [0.4, 0.5) is 0 Å². The van der Waals surface area contributed by atoms with Gasteiger partial charge in [0.15, 0.2) is 0 Å². The van der Waals surface area contributed by atoms with Gasteiger partial charge >= 0.3 is 5.97 Å². The van der Waals surface area contributed by atoms with Crippen LogP contribution in [0.15, 0.2) is 12.2 Å². The quantitative estimate of drug-likeness (QED) is 0.122. The number of carbonyl (C=O) groups is 1. The Morgan fingerprint density at radius 3 is 1.86 bits per heavy atom. The van der Waals surface area contributed by atoms with Crippen molar-refractivity contribution in [2.24, 2.45) is 0 Å².